The molecule has 1 aliphatic rings. The third-order valence-electron chi connectivity index (χ3n) is 5.22. The van der Waals surface area contributed by atoms with Crippen LogP contribution in [0, 0.1) is 23.2 Å². The van der Waals surface area contributed by atoms with Crippen LogP contribution in [0.15, 0.2) is 28.3 Å². The molecule has 0 aromatic heterocycles. The molecule has 0 spiro atoms. The van der Waals surface area contributed by atoms with Gasteiger partial charge in [0.1, 0.15) is 5.71 Å². The fourth-order valence-electron chi connectivity index (χ4n) is 3.49. The van der Waals surface area contributed by atoms with E-state index in [-0.39, 0.29) is 42.5 Å². The molecule has 3 N–H and O–H groups in total. The van der Waals surface area contributed by atoms with E-state index in [1.807, 2.05) is 25.2 Å². The van der Waals surface area contributed by atoms with Crippen molar-refractivity contribution in [3.8, 4) is 0 Å². The van der Waals surface area contributed by atoms with Crippen molar-refractivity contribution in [1.82, 2.24) is 10.6 Å². The molecule has 8 heteroatoms. The van der Waals surface area contributed by atoms with Gasteiger partial charge in [-0.2, -0.15) is 0 Å². The highest BCUT2D eigenvalue weighted by Gasteiger charge is 2.28. The molecule has 1 rings (SSSR count). The zero-order chi connectivity index (χ0) is 23.9. The molecule has 0 saturated heterocycles. The zero-order valence-corrected chi connectivity index (χ0v) is 20.3. The number of aliphatic hydroxyl groups is 1. The van der Waals surface area contributed by atoms with Crippen molar-refractivity contribution in [3.63, 3.8) is 0 Å². The number of nitrogens with one attached hydrogen (secondary N) is 2. The molecule has 0 bridgehead atoms. The van der Waals surface area contributed by atoms with Crippen LogP contribution < -0.4 is 10.6 Å². The molecule has 0 fully saturated rings. The Morgan fingerprint density at radius 3 is 2.39 bits per heavy atom. The number of aliphatic imine (C=N–C) groups is 1. The van der Waals surface area contributed by atoms with Crippen LogP contribution in [0.2, 0.25) is 0 Å². The van der Waals surface area contributed by atoms with Gasteiger partial charge in [0.05, 0.1) is 6.10 Å². The quantitative estimate of drug-likeness (QED) is 0.491. The van der Waals surface area contributed by atoms with E-state index in [1.165, 1.54) is 6.92 Å². The highest BCUT2D eigenvalue weighted by atomic mass is 35.5. The van der Waals surface area contributed by atoms with Crippen molar-refractivity contribution in [3.05, 3.63) is 23.3 Å². The summed E-state index contributed by atoms with van der Waals surface area (Å²) < 4.78 is 0. The van der Waals surface area contributed by atoms with Crippen molar-refractivity contribution in [2.75, 3.05) is 6.54 Å². The van der Waals surface area contributed by atoms with Crippen LogP contribution in [-0.4, -0.2) is 47.2 Å². The Balaban J connectivity index is 2.57. The minimum Gasteiger partial charge on any atom is -0.391 e. The minimum atomic E-state index is -0.909. The molecule has 0 aliphatic heterocycles. The Morgan fingerprint density at radius 1 is 1.26 bits per heavy atom. The number of halogens is 1. The Hall–Kier alpha value is -1.99. The van der Waals surface area contributed by atoms with Crippen LogP contribution >= 0.6 is 11.6 Å². The molecule has 0 saturated carbocycles. The van der Waals surface area contributed by atoms with Gasteiger partial charge in [-0.3, -0.25) is 14.4 Å². The van der Waals surface area contributed by atoms with Crippen LogP contribution in [0.3, 0.4) is 0 Å². The maximum absolute atomic E-state index is 12.6. The first kappa shape index (κ1) is 27.0. The number of allylic oxidation sites excluding steroid dienone is 3. The topological polar surface area (TPSA) is 108 Å². The van der Waals surface area contributed by atoms with Crippen LogP contribution in [0.4, 0.5) is 0 Å². The van der Waals surface area contributed by atoms with Gasteiger partial charge in [-0.1, -0.05) is 58.4 Å². The number of aliphatic hydroxyl groups excluding tert-OH is 1. The number of carbonyl (C=O) groups excluding carboxylic acids is 3. The van der Waals surface area contributed by atoms with Gasteiger partial charge in [0.25, 0.3) is 5.91 Å². The van der Waals surface area contributed by atoms with Gasteiger partial charge in [-0.05, 0) is 25.3 Å². The first-order valence-corrected chi connectivity index (χ1v) is 11.0. The summed E-state index contributed by atoms with van der Waals surface area (Å²) >= 11 is 6.02. The van der Waals surface area contributed by atoms with E-state index in [0.29, 0.717) is 5.03 Å². The van der Waals surface area contributed by atoms with E-state index >= 15 is 0 Å². The Kier molecular flexibility index (Phi) is 10.1. The molecule has 0 aromatic rings. The van der Waals surface area contributed by atoms with Gasteiger partial charge in [-0.15, -0.1) is 0 Å². The number of carbonyl (C=O) groups is 3. The second kappa shape index (κ2) is 11.6. The Labute approximate surface area is 190 Å². The molecule has 1 aliphatic carbocycles. The average Bonchev–Trinajstić information content (AvgIpc) is 2.62. The molecule has 174 valence electrons. The van der Waals surface area contributed by atoms with E-state index in [1.54, 1.807) is 27.7 Å². The molecule has 5 atom stereocenters. The van der Waals surface area contributed by atoms with Gasteiger partial charge in [0.2, 0.25) is 11.8 Å². The molecular formula is C23H36ClN3O4. The second-order valence-electron chi connectivity index (χ2n) is 9.37. The summed E-state index contributed by atoms with van der Waals surface area (Å²) in [4.78, 5) is 40.1. The van der Waals surface area contributed by atoms with Gasteiger partial charge < -0.3 is 15.7 Å². The number of hydrogen-bond donors (Lipinski definition) is 3. The fourth-order valence-corrected chi connectivity index (χ4v) is 3.76. The molecule has 0 heterocycles. The summed E-state index contributed by atoms with van der Waals surface area (Å²) in [6.07, 6.45) is 5.09. The summed E-state index contributed by atoms with van der Waals surface area (Å²) in [7, 11) is 0. The van der Waals surface area contributed by atoms with E-state index < -0.39 is 29.3 Å². The predicted molar refractivity (Wildman–Crippen MR) is 124 cm³/mol. The summed E-state index contributed by atoms with van der Waals surface area (Å²) in [5.74, 6) is -1.22. The lowest BCUT2D eigenvalue weighted by molar-refractivity contribution is -0.126. The molecule has 2 unspecified atom stereocenters. The highest BCUT2D eigenvalue weighted by Crippen LogP contribution is 2.27. The van der Waals surface area contributed by atoms with E-state index in [2.05, 4.69) is 22.5 Å². The van der Waals surface area contributed by atoms with Crippen LogP contribution in [0.1, 0.15) is 54.9 Å². The molecule has 3 amide bonds. The van der Waals surface area contributed by atoms with Gasteiger partial charge in [0, 0.05) is 41.8 Å². The summed E-state index contributed by atoms with van der Waals surface area (Å²) in [5.41, 5.74) is -0.510. The van der Waals surface area contributed by atoms with Gasteiger partial charge in [0.15, 0.2) is 0 Å². The van der Waals surface area contributed by atoms with Crippen LogP contribution in [-0.2, 0) is 14.4 Å². The zero-order valence-electron chi connectivity index (χ0n) is 19.5. The summed E-state index contributed by atoms with van der Waals surface area (Å²) in [6.45, 7) is 12.3. The van der Waals surface area contributed by atoms with Crippen LogP contribution in [0.25, 0.3) is 0 Å². The molecule has 31 heavy (non-hydrogen) atoms. The SMILES string of the molecule is CC(=O)N=C(C(=O)NC[C@H](O)C[C@H](C)C(=O)N[C@@H](C)C1C=CC(Cl)=CC1C)C(C)(C)C. The molecule has 0 aromatic carbocycles. The third-order valence-corrected chi connectivity index (χ3v) is 5.47. The minimum absolute atomic E-state index is 0.0370. The van der Waals surface area contributed by atoms with Crippen molar-refractivity contribution < 1.29 is 19.5 Å². The first-order chi connectivity index (χ1) is 14.2. The van der Waals surface area contributed by atoms with Crippen LogP contribution in [0.5, 0.6) is 0 Å². The van der Waals surface area contributed by atoms with E-state index in [4.69, 9.17) is 11.6 Å². The predicted octanol–water partition coefficient (Wildman–Crippen LogP) is 2.97. The van der Waals surface area contributed by atoms with Gasteiger partial charge in [-0.25, -0.2) is 4.99 Å². The Bertz CT molecular complexity index is 767. The maximum Gasteiger partial charge on any atom is 0.266 e. The maximum atomic E-state index is 12.6. The fraction of sp³-hybridized carbons (Fsp3) is 0.652. The third kappa shape index (κ3) is 8.95. The average molecular weight is 454 g/mol. The monoisotopic (exact) mass is 453 g/mol. The van der Waals surface area contributed by atoms with E-state index in [9.17, 15) is 19.5 Å². The number of amides is 3. The highest BCUT2D eigenvalue weighted by molar-refractivity contribution is 6.42. The number of hydrogen-bond acceptors (Lipinski definition) is 4. The largest absolute Gasteiger partial charge is 0.391 e. The summed E-state index contributed by atoms with van der Waals surface area (Å²) in [6, 6.07) is -0.0869. The number of nitrogens with zero attached hydrogens (tertiary/aromatic N) is 1. The Morgan fingerprint density at radius 2 is 1.87 bits per heavy atom. The standard InChI is InChI=1S/C23H36ClN3O4/c1-13-10-17(24)8-9-19(13)15(3)26-21(30)14(2)11-18(29)12-25-22(31)20(23(5,6)7)27-16(4)28/h8-10,13-15,18-19,29H,11-12H2,1-7H3,(H,25,31)(H,26,30)/t13?,14-,15-,18+,19?/m0/s1. The second-order valence-corrected chi connectivity index (χ2v) is 9.81. The number of rotatable bonds is 8. The van der Waals surface area contributed by atoms with Crippen molar-refractivity contribution in [2.24, 2.45) is 28.2 Å². The van der Waals surface area contributed by atoms with Crippen molar-refractivity contribution >= 4 is 35.0 Å². The first-order valence-electron chi connectivity index (χ1n) is 10.6. The molecule has 7 nitrogen and oxygen atoms in total. The van der Waals surface area contributed by atoms with Crippen molar-refractivity contribution in [2.45, 2.75) is 67.0 Å². The molecule has 0 radical (unpaired) electrons. The molecular weight excluding hydrogens is 418 g/mol. The smallest absolute Gasteiger partial charge is 0.266 e. The lowest BCUT2D eigenvalue weighted by Gasteiger charge is -2.29. The van der Waals surface area contributed by atoms with Gasteiger partial charge >= 0.3 is 0 Å². The normalized spacial score (nSPS) is 22.2. The van der Waals surface area contributed by atoms with Crippen molar-refractivity contribution in [1.29, 1.82) is 0 Å². The lowest BCUT2D eigenvalue weighted by Crippen LogP contribution is -2.44. The summed E-state index contributed by atoms with van der Waals surface area (Å²) in [5, 5.41) is 16.6. The lowest BCUT2D eigenvalue weighted by atomic mass is 9.84. The van der Waals surface area contributed by atoms with E-state index in [0.717, 1.165) is 0 Å².